The second-order valence-electron chi connectivity index (χ2n) is 4.93. The third kappa shape index (κ3) is 3.08. The van der Waals surface area contributed by atoms with Crippen LogP contribution in [0, 0.1) is 0 Å². The van der Waals surface area contributed by atoms with Crippen LogP contribution in [0.1, 0.15) is 25.7 Å². The molecule has 0 aliphatic heterocycles. The highest BCUT2D eigenvalue weighted by atomic mass is 32.2. The Morgan fingerprint density at radius 3 is 2.32 bits per heavy atom. The Labute approximate surface area is 113 Å². The Balaban J connectivity index is 2.21. The van der Waals surface area contributed by atoms with Crippen molar-refractivity contribution in [2.24, 2.45) is 0 Å². The molecule has 0 bridgehead atoms. The van der Waals surface area contributed by atoms with Crippen LogP contribution in [0.5, 0.6) is 5.75 Å². The van der Waals surface area contributed by atoms with Crippen molar-refractivity contribution in [3.05, 3.63) is 24.3 Å². The third-order valence-electron chi connectivity index (χ3n) is 3.58. The lowest BCUT2D eigenvalue weighted by molar-refractivity contribution is 0.185. The normalized spacial score (nSPS) is 18.4. The molecule has 1 aliphatic carbocycles. The zero-order chi connectivity index (χ0) is 13.9. The Morgan fingerprint density at radius 2 is 1.84 bits per heavy atom. The van der Waals surface area contributed by atoms with Gasteiger partial charge in [-0.05, 0) is 37.1 Å². The molecular weight excluding hydrogens is 266 g/mol. The number of hydrogen-bond donors (Lipinski definition) is 2. The van der Waals surface area contributed by atoms with E-state index in [1.54, 1.807) is 12.1 Å². The van der Waals surface area contributed by atoms with Crippen molar-refractivity contribution in [2.75, 3.05) is 13.7 Å². The predicted octanol–water partition coefficient (Wildman–Crippen LogP) is 1.28. The van der Waals surface area contributed by atoms with Gasteiger partial charge in [0, 0.05) is 0 Å². The van der Waals surface area contributed by atoms with Gasteiger partial charge in [0.25, 0.3) is 0 Å². The Hall–Kier alpha value is -1.11. The fraction of sp³-hybridized carbons (Fsp3) is 0.538. The smallest absolute Gasteiger partial charge is 0.241 e. The molecular formula is C13H19NO4S. The maximum Gasteiger partial charge on any atom is 0.241 e. The van der Waals surface area contributed by atoms with Crippen LogP contribution in [-0.4, -0.2) is 32.8 Å². The molecule has 1 aliphatic rings. The average Bonchev–Trinajstić information content (AvgIpc) is 2.87. The molecule has 0 spiro atoms. The van der Waals surface area contributed by atoms with E-state index >= 15 is 0 Å². The minimum Gasteiger partial charge on any atom is -0.497 e. The lowest BCUT2D eigenvalue weighted by atomic mass is 10.0. The Bertz CT molecular complexity index is 518. The van der Waals surface area contributed by atoms with Crippen LogP contribution in [0.3, 0.4) is 0 Å². The van der Waals surface area contributed by atoms with Crippen molar-refractivity contribution in [1.82, 2.24) is 4.72 Å². The van der Waals surface area contributed by atoms with Gasteiger partial charge in [-0.3, -0.25) is 0 Å². The van der Waals surface area contributed by atoms with Gasteiger partial charge in [0.15, 0.2) is 0 Å². The largest absolute Gasteiger partial charge is 0.497 e. The zero-order valence-electron chi connectivity index (χ0n) is 10.9. The van der Waals surface area contributed by atoms with E-state index in [2.05, 4.69) is 4.72 Å². The summed E-state index contributed by atoms with van der Waals surface area (Å²) in [5, 5.41) is 9.46. The summed E-state index contributed by atoms with van der Waals surface area (Å²) in [6, 6.07) is 6.21. The third-order valence-corrected chi connectivity index (χ3v) is 5.18. The molecule has 106 valence electrons. The first kappa shape index (κ1) is 14.3. The van der Waals surface area contributed by atoms with Crippen molar-refractivity contribution in [2.45, 2.75) is 36.1 Å². The molecule has 6 heteroatoms. The van der Waals surface area contributed by atoms with Crippen LogP contribution < -0.4 is 9.46 Å². The van der Waals surface area contributed by atoms with Crippen molar-refractivity contribution in [1.29, 1.82) is 0 Å². The second kappa shape index (κ2) is 5.48. The summed E-state index contributed by atoms with van der Waals surface area (Å²) in [5.74, 6) is 0.608. The number of aliphatic hydroxyl groups excluding tert-OH is 1. The molecule has 0 atom stereocenters. The van der Waals surface area contributed by atoms with Crippen molar-refractivity contribution < 1.29 is 18.3 Å². The lowest BCUT2D eigenvalue weighted by Gasteiger charge is -2.27. The van der Waals surface area contributed by atoms with Crippen LogP contribution in [0.25, 0.3) is 0 Å². The molecule has 0 saturated heterocycles. The molecule has 19 heavy (non-hydrogen) atoms. The minimum atomic E-state index is -3.60. The number of methoxy groups -OCH3 is 1. The molecule has 0 unspecified atom stereocenters. The molecule has 1 saturated carbocycles. The van der Waals surface area contributed by atoms with Gasteiger partial charge in [-0.1, -0.05) is 12.8 Å². The second-order valence-corrected chi connectivity index (χ2v) is 6.61. The number of hydrogen-bond acceptors (Lipinski definition) is 4. The summed E-state index contributed by atoms with van der Waals surface area (Å²) in [5.41, 5.74) is -0.696. The molecule has 0 heterocycles. The van der Waals surface area contributed by atoms with Crippen LogP contribution in [0.15, 0.2) is 29.2 Å². The topological polar surface area (TPSA) is 75.6 Å². The maximum absolute atomic E-state index is 12.3. The zero-order valence-corrected chi connectivity index (χ0v) is 11.7. The number of benzene rings is 1. The average molecular weight is 285 g/mol. The fourth-order valence-electron chi connectivity index (χ4n) is 2.44. The maximum atomic E-state index is 12.3. The summed E-state index contributed by atoms with van der Waals surface area (Å²) in [6.45, 7) is -0.164. The molecule has 2 N–H and O–H groups in total. The number of nitrogens with one attached hydrogen (secondary N) is 1. The summed E-state index contributed by atoms with van der Waals surface area (Å²) in [6.07, 6.45) is 3.23. The van der Waals surface area contributed by atoms with Crippen LogP contribution in [0.4, 0.5) is 0 Å². The fourth-order valence-corrected chi connectivity index (χ4v) is 3.89. The SMILES string of the molecule is COc1ccc(S(=O)(=O)NC2(CO)CCCC2)cc1. The number of sulfonamides is 1. The van der Waals surface area contributed by atoms with E-state index in [1.165, 1.54) is 19.2 Å². The van der Waals surface area contributed by atoms with E-state index in [4.69, 9.17) is 4.74 Å². The lowest BCUT2D eigenvalue weighted by Crippen LogP contribution is -2.49. The van der Waals surface area contributed by atoms with Crippen LogP contribution >= 0.6 is 0 Å². The van der Waals surface area contributed by atoms with Crippen molar-refractivity contribution in [3.8, 4) is 5.75 Å². The van der Waals surface area contributed by atoms with Crippen molar-refractivity contribution in [3.63, 3.8) is 0 Å². The summed E-state index contributed by atoms with van der Waals surface area (Å²) >= 11 is 0. The van der Waals surface area contributed by atoms with Gasteiger partial charge >= 0.3 is 0 Å². The van der Waals surface area contributed by atoms with Crippen LogP contribution in [-0.2, 0) is 10.0 Å². The molecule has 2 rings (SSSR count). The van der Waals surface area contributed by atoms with E-state index in [1.807, 2.05) is 0 Å². The molecule has 0 radical (unpaired) electrons. The molecule has 0 amide bonds. The number of rotatable bonds is 5. The van der Waals surface area contributed by atoms with Gasteiger partial charge < -0.3 is 9.84 Å². The van der Waals surface area contributed by atoms with Gasteiger partial charge in [-0.25, -0.2) is 13.1 Å². The van der Waals surface area contributed by atoms with Crippen molar-refractivity contribution >= 4 is 10.0 Å². The van der Waals surface area contributed by atoms with Gasteiger partial charge in [0.1, 0.15) is 5.75 Å². The number of aliphatic hydroxyl groups is 1. The molecule has 1 aromatic carbocycles. The highest BCUT2D eigenvalue weighted by molar-refractivity contribution is 7.89. The monoisotopic (exact) mass is 285 g/mol. The first-order valence-electron chi connectivity index (χ1n) is 6.30. The van der Waals surface area contributed by atoms with Gasteiger partial charge in [-0.2, -0.15) is 0 Å². The molecule has 1 fully saturated rings. The first-order chi connectivity index (χ1) is 9.01. The van der Waals surface area contributed by atoms with Gasteiger partial charge in [-0.15, -0.1) is 0 Å². The van der Waals surface area contributed by atoms with E-state index in [-0.39, 0.29) is 11.5 Å². The highest BCUT2D eigenvalue weighted by Crippen LogP contribution is 2.31. The molecule has 0 aromatic heterocycles. The van der Waals surface area contributed by atoms with E-state index in [0.717, 1.165) is 12.8 Å². The van der Waals surface area contributed by atoms with Crippen LogP contribution in [0.2, 0.25) is 0 Å². The van der Waals surface area contributed by atoms with E-state index in [9.17, 15) is 13.5 Å². The number of ether oxygens (including phenoxy) is 1. The summed E-state index contributed by atoms with van der Waals surface area (Å²) < 4.78 is 32.2. The quantitative estimate of drug-likeness (QED) is 0.854. The predicted molar refractivity (Wildman–Crippen MR) is 71.6 cm³/mol. The van der Waals surface area contributed by atoms with Gasteiger partial charge in [0.2, 0.25) is 10.0 Å². The Morgan fingerprint density at radius 1 is 1.26 bits per heavy atom. The Kier molecular flexibility index (Phi) is 4.13. The molecule has 1 aromatic rings. The minimum absolute atomic E-state index is 0.164. The van der Waals surface area contributed by atoms with E-state index < -0.39 is 15.6 Å². The van der Waals surface area contributed by atoms with Gasteiger partial charge in [0.05, 0.1) is 24.2 Å². The summed E-state index contributed by atoms with van der Waals surface area (Å²) in [4.78, 5) is 0.188. The standard InChI is InChI=1S/C13H19NO4S/c1-18-11-4-6-12(7-5-11)19(16,17)14-13(10-15)8-2-3-9-13/h4-7,14-15H,2-3,8-10H2,1H3. The first-order valence-corrected chi connectivity index (χ1v) is 7.79. The van der Waals surface area contributed by atoms with E-state index in [0.29, 0.717) is 18.6 Å². The molecule has 5 nitrogen and oxygen atoms in total. The highest BCUT2D eigenvalue weighted by Gasteiger charge is 2.37. The summed E-state index contributed by atoms with van der Waals surface area (Å²) in [7, 11) is -2.08.